The van der Waals surface area contributed by atoms with Crippen molar-refractivity contribution in [2.75, 3.05) is 0 Å². The largest absolute Gasteiger partial charge is 0.481 e. The minimum atomic E-state index is -0.668. The number of hydrogen-bond acceptors (Lipinski definition) is 1. The molecule has 2 nitrogen and oxygen atoms in total. The third-order valence-electron chi connectivity index (χ3n) is 2.98. The number of carboxylic acid groups (broad SMARTS) is 1. The van der Waals surface area contributed by atoms with Crippen LogP contribution in [0.15, 0.2) is 11.6 Å². The standard InChI is InChI=1S/C11H18O2/c1-8-3-5-10(6-4-8)9(2)7-11(12)13/h3,9-10H,4-7H2,1-2H3,(H,12,13)/t9?,10-/m0/s1. The lowest BCUT2D eigenvalue weighted by Crippen LogP contribution is -2.17. The Bertz CT molecular complexity index is 218. The third-order valence-corrected chi connectivity index (χ3v) is 2.98. The monoisotopic (exact) mass is 182 g/mol. The highest BCUT2D eigenvalue weighted by atomic mass is 16.4. The van der Waals surface area contributed by atoms with Crippen molar-refractivity contribution in [1.82, 2.24) is 0 Å². The molecule has 0 aliphatic heterocycles. The van der Waals surface area contributed by atoms with E-state index < -0.39 is 5.97 Å². The highest BCUT2D eigenvalue weighted by Gasteiger charge is 2.20. The second-order valence-electron chi connectivity index (χ2n) is 4.16. The summed E-state index contributed by atoms with van der Waals surface area (Å²) in [5.41, 5.74) is 1.46. The van der Waals surface area contributed by atoms with Crippen molar-refractivity contribution in [3.63, 3.8) is 0 Å². The zero-order valence-corrected chi connectivity index (χ0v) is 8.42. The zero-order chi connectivity index (χ0) is 9.84. The lowest BCUT2D eigenvalue weighted by molar-refractivity contribution is -0.138. The van der Waals surface area contributed by atoms with Crippen molar-refractivity contribution in [3.05, 3.63) is 11.6 Å². The fraction of sp³-hybridized carbons (Fsp3) is 0.727. The van der Waals surface area contributed by atoms with E-state index in [0.29, 0.717) is 18.3 Å². The van der Waals surface area contributed by atoms with Crippen LogP contribution in [0.2, 0.25) is 0 Å². The number of rotatable bonds is 3. The molecule has 13 heavy (non-hydrogen) atoms. The first kappa shape index (κ1) is 10.3. The van der Waals surface area contributed by atoms with Crippen molar-refractivity contribution in [3.8, 4) is 0 Å². The Morgan fingerprint density at radius 2 is 2.46 bits per heavy atom. The average Bonchev–Trinajstić information content (AvgIpc) is 2.04. The number of allylic oxidation sites excluding steroid dienone is 2. The number of carboxylic acids is 1. The molecule has 1 aliphatic rings. The number of carbonyl (C=O) groups is 1. The van der Waals surface area contributed by atoms with Gasteiger partial charge in [0, 0.05) is 6.42 Å². The number of hydrogen-bond donors (Lipinski definition) is 1. The van der Waals surface area contributed by atoms with Gasteiger partial charge in [0.25, 0.3) is 0 Å². The molecule has 0 aromatic rings. The van der Waals surface area contributed by atoms with E-state index in [9.17, 15) is 4.79 Å². The molecule has 0 aromatic carbocycles. The summed E-state index contributed by atoms with van der Waals surface area (Å²) in [5, 5.41) is 8.65. The normalized spacial score (nSPS) is 25.1. The minimum absolute atomic E-state index is 0.317. The molecular weight excluding hydrogens is 164 g/mol. The molecule has 74 valence electrons. The van der Waals surface area contributed by atoms with Gasteiger partial charge in [-0.2, -0.15) is 0 Å². The Labute approximate surface area is 79.6 Å². The first-order valence-electron chi connectivity index (χ1n) is 4.97. The molecule has 0 radical (unpaired) electrons. The van der Waals surface area contributed by atoms with Gasteiger partial charge in [-0.15, -0.1) is 0 Å². The van der Waals surface area contributed by atoms with Crippen molar-refractivity contribution in [1.29, 1.82) is 0 Å². The van der Waals surface area contributed by atoms with Gasteiger partial charge in [-0.1, -0.05) is 18.6 Å². The van der Waals surface area contributed by atoms with Crippen LogP contribution in [0.3, 0.4) is 0 Å². The predicted molar refractivity (Wildman–Crippen MR) is 52.5 cm³/mol. The van der Waals surface area contributed by atoms with Gasteiger partial charge in [0.1, 0.15) is 0 Å². The summed E-state index contributed by atoms with van der Waals surface area (Å²) in [5.74, 6) is 0.237. The average molecular weight is 182 g/mol. The molecule has 1 N–H and O–H groups in total. The summed E-state index contributed by atoms with van der Waals surface area (Å²) >= 11 is 0. The summed E-state index contributed by atoms with van der Waals surface area (Å²) in [6.45, 7) is 4.20. The maximum Gasteiger partial charge on any atom is 0.303 e. The van der Waals surface area contributed by atoms with Crippen LogP contribution in [0.1, 0.15) is 39.5 Å². The highest BCUT2D eigenvalue weighted by Crippen LogP contribution is 2.30. The maximum absolute atomic E-state index is 10.5. The number of aliphatic carboxylic acids is 1. The van der Waals surface area contributed by atoms with Crippen molar-refractivity contribution in [2.24, 2.45) is 11.8 Å². The Hall–Kier alpha value is -0.790. The quantitative estimate of drug-likeness (QED) is 0.681. The fourth-order valence-electron chi connectivity index (χ4n) is 1.94. The van der Waals surface area contributed by atoms with Crippen molar-refractivity contribution < 1.29 is 9.90 Å². The molecule has 0 aromatic heterocycles. The van der Waals surface area contributed by atoms with E-state index in [2.05, 4.69) is 13.0 Å². The molecule has 0 spiro atoms. The van der Waals surface area contributed by atoms with Gasteiger partial charge in [0.15, 0.2) is 0 Å². The van der Waals surface area contributed by atoms with Gasteiger partial charge in [0.05, 0.1) is 0 Å². The highest BCUT2D eigenvalue weighted by molar-refractivity contribution is 5.67. The van der Waals surface area contributed by atoms with E-state index in [1.807, 2.05) is 6.92 Å². The van der Waals surface area contributed by atoms with Crippen LogP contribution >= 0.6 is 0 Å². The van der Waals surface area contributed by atoms with E-state index in [4.69, 9.17) is 5.11 Å². The molecule has 0 amide bonds. The topological polar surface area (TPSA) is 37.3 Å². The lowest BCUT2D eigenvalue weighted by Gasteiger charge is -2.25. The van der Waals surface area contributed by atoms with E-state index in [-0.39, 0.29) is 0 Å². The molecular formula is C11H18O2. The fourth-order valence-corrected chi connectivity index (χ4v) is 1.94. The first-order chi connectivity index (χ1) is 6.09. The predicted octanol–water partition coefficient (Wildman–Crippen LogP) is 2.84. The van der Waals surface area contributed by atoms with E-state index in [1.54, 1.807) is 0 Å². The van der Waals surface area contributed by atoms with Crippen LogP contribution in [0.25, 0.3) is 0 Å². The summed E-state index contributed by atoms with van der Waals surface area (Å²) in [6.07, 6.45) is 5.95. The molecule has 0 heterocycles. The van der Waals surface area contributed by atoms with E-state index >= 15 is 0 Å². The lowest BCUT2D eigenvalue weighted by atomic mass is 9.80. The maximum atomic E-state index is 10.5. The summed E-state index contributed by atoms with van der Waals surface area (Å²) in [7, 11) is 0. The SMILES string of the molecule is CC1=CC[C@H](C(C)CC(=O)O)CC1. The van der Waals surface area contributed by atoms with Gasteiger partial charge in [0.2, 0.25) is 0 Å². The molecule has 2 atom stereocenters. The Kier molecular flexibility index (Phi) is 3.52. The molecule has 1 aliphatic carbocycles. The van der Waals surface area contributed by atoms with E-state index in [0.717, 1.165) is 19.3 Å². The summed E-state index contributed by atoms with van der Waals surface area (Å²) < 4.78 is 0. The van der Waals surface area contributed by atoms with Gasteiger partial charge in [-0.3, -0.25) is 4.79 Å². The zero-order valence-electron chi connectivity index (χ0n) is 8.42. The molecule has 0 fully saturated rings. The second kappa shape index (κ2) is 4.45. The van der Waals surface area contributed by atoms with Crippen LogP contribution in [-0.2, 0) is 4.79 Å². The molecule has 1 unspecified atom stereocenters. The smallest absolute Gasteiger partial charge is 0.303 e. The minimum Gasteiger partial charge on any atom is -0.481 e. The van der Waals surface area contributed by atoms with Gasteiger partial charge >= 0.3 is 5.97 Å². The Morgan fingerprint density at radius 3 is 2.92 bits per heavy atom. The first-order valence-corrected chi connectivity index (χ1v) is 4.97. The third kappa shape index (κ3) is 3.21. The molecule has 0 saturated carbocycles. The van der Waals surface area contributed by atoms with Gasteiger partial charge < -0.3 is 5.11 Å². The van der Waals surface area contributed by atoms with Crippen LogP contribution in [-0.4, -0.2) is 11.1 Å². The molecule has 0 bridgehead atoms. The van der Waals surface area contributed by atoms with Crippen molar-refractivity contribution in [2.45, 2.75) is 39.5 Å². The molecule has 1 rings (SSSR count). The summed E-state index contributed by atoms with van der Waals surface area (Å²) in [4.78, 5) is 10.5. The van der Waals surface area contributed by atoms with Crippen molar-refractivity contribution >= 4 is 5.97 Å². The summed E-state index contributed by atoms with van der Waals surface area (Å²) in [6, 6.07) is 0. The van der Waals surface area contributed by atoms with Gasteiger partial charge in [-0.25, -0.2) is 0 Å². The van der Waals surface area contributed by atoms with Crippen LogP contribution in [0.4, 0.5) is 0 Å². The van der Waals surface area contributed by atoms with Crippen LogP contribution < -0.4 is 0 Å². The molecule has 0 saturated heterocycles. The van der Waals surface area contributed by atoms with E-state index in [1.165, 1.54) is 5.57 Å². The Morgan fingerprint density at radius 1 is 1.77 bits per heavy atom. The van der Waals surface area contributed by atoms with Crippen LogP contribution in [0.5, 0.6) is 0 Å². The second-order valence-corrected chi connectivity index (χ2v) is 4.16. The Balaban J connectivity index is 2.40. The van der Waals surface area contributed by atoms with Crippen LogP contribution in [0, 0.1) is 11.8 Å². The van der Waals surface area contributed by atoms with Gasteiger partial charge in [-0.05, 0) is 38.0 Å². The molecule has 2 heteroatoms.